The molecular weight excluding hydrogens is 232 g/mol. The molecule has 2 aromatic heterocycles. The lowest BCUT2D eigenvalue weighted by molar-refractivity contribution is 0.0751. The van der Waals surface area contributed by atoms with Crippen molar-refractivity contribution in [3.63, 3.8) is 0 Å². The van der Waals surface area contributed by atoms with Crippen LogP contribution in [-0.2, 0) is 4.74 Å². The van der Waals surface area contributed by atoms with Gasteiger partial charge in [0, 0.05) is 18.9 Å². The summed E-state index contributed by atoms with van der Waals surface area (Å²) in [7, 11) is 1.67. The second-order valence-corrected chi connectivity index (χ2v) is 4.42. The summed E-state index contributed by atoms with van der Waals surface area (Å²) in [6.45, 7) is 0. The molecule has 1 atom stereocenters. The van der Waals surface area contributed by atoms with Gasteiger partial charge in [-0.3, -0.25) is 0 Å². The number of rotatable bonds is 4. The van der Waals surface area contributed by atoms with Crippen molar-refractivity contribution < 1.29 is 9.26 Å². The number of anilines is 1. The van der Waals surface area contributed by atoms with Crippen LogP contribution in [0.5, 0.6) is 0 Å². The predicted octanol–water partition coefficient (Wildman–Crippen LogP) is 1.81. The zero-order valence-corrected chi connectivity index (χ0v) is 10.0. The fourth-order valence-electron chi connectivity index (χ4n) is 1.96. The SMILES string of the molecule is COC(c1noc(-c2ccnc(N)c2)n1)C1CC1. The van der Waals surface area contributed by atoms with E-state index in [1.165, 1.54) is 0 Å². The van der Waals surface area contributed by atoms with Gasteiger partial charge in [-0.05, 0) is 30.9 Å². The number of pyridine rings is 1. The maximum absolute atomic E-state index is 5.62. The average Bonchev–Trinajstić information content (AvgIpc) is 3.07. The Balaban J connectivity index is 1.88. The third-order valence-corrected chi connectivity index (χ3v) is 3.03. The molecule has 0 bridgehead atoms. The third-order valence-electron chi connectivity index (χ3n) is 3.03. The number of aromatic nitrogens is 3. The van der Waals surface area contributed by atoms with Gasteiger partial charge in [0.1, 0.15) is 11.9 Å². The van der Waals surface area contributed by atoms with Crippen molar-refractivity contribution in [3.05, 3.63) is 24.2 Å². The van der Waals surface area contributed by atoms with Crippen LogP contribution in [0.1, 0.15) is 24.8 Å². The van der Waals surface area contributed by atoms with Gasteiger partial charge in [-0.25, -0.2) is 4.98 Å². The normalized spacial score (nSPS) is 16.7. The Labute approximate surface area is 104 Å². The van der Waals surface area contributed by atoms with Crippen LogP contribution in [0.15, 0.2) is 22.9 Å². The lowest BCUT2D eigenvalue weighted by Crippen LogP contribution is -2.05. The zero-order chi connectivity index (χ0) is 12.5. The maximum atomic E-state index is 5.62. The van der Waals surface area contributed by atoms with Gasteiger partial charge in [0.2, 0.25) is 5.82 Å². The third kappa shape index (κ3) is 2.06. The van der Waals surface area contributed by atoms with Crippen molar-refractivity contribution in [1.29, 1.82) is 0 Å². The second kappa shape index (κ2) is 4.38. The molecule has 0 spiro atoms. The highest BCUT2D eigenvalue weighted by Crippen LogP contribution is 2.42. The molecule has 1 fully saturated rings. The van der Waals surface area contributed by atoms with E-state index in [0.29, 0.717) is 23.5 Å². The van der Waals surface area contributed by atoms with Gasteiger partial charge in [-0.15, -0.1) is 0 Å². The Bertz CT molecular complexity index is 551. The average molecular weight is 246 g/mol. The second-order valence-electron chi connectivity index (χ2n) is 4.42. The number of ether oxygens (including phenoxy) is 1. The number of nitrogens with two attached hydrogens (primary N) is 1. The van der Waals surface area contributed by atoms with Crippen LogP contribution in [0.3, 0.4) is 0 Å². The van der Waals surface area contributed by atoms with Gasteiger partial charge in [0.15, 0.2) is 0 Å². The van der Waals surface area contributed by atoms with Crippen molar-refractivity contribution in [3.8, 4) is 11.5 Å². The molecule has 94 valence electrons. The van der Waals surface area contributed by atoms with Crippen LogP contribution >= 0.6 is 0 Å². The van der Waals surface area contributed by atoms with E-state index in [-0.39, 0.29) is 6.10 Å². The van der Waals surface area contributed by atoms with E-state index in [1.807, 2.05) is 0 Å². The lowest BCUT2D eigenvalue weighted by atomic mass is 10.2. The lowest BCUT2D eigenvalue weighted by Gasteiger charge is -2.08. The molecule has 0 amide bonds. The molecule has 3 rings (SSSR count). The molecule has 0 aromatic carbocycles. The molecule has 2 N–H and O–H groups in total. The highest BCUT2D eigenvalue weighted by molar-refractivity contribution is 5.56. The van der Waals surface area contributed by atoms with E-state index in [9.17, 15) is 0 Å². The van der Waals surface area contributed by atoms with Gasteiger partial charge in [-0.1, -0.05) is 5.16 Å². The molecule has 2 heterocycles. The van der Waals surface area contributed by atoms with E-state index in [1.54, 1.807) is 25.4 Å². The number of nitrogens with zero attached hydrogens (tertiary/aromatic N) is 3. The van der Waals surface area contributed by atoms with Gasteiger partial charge >= 0.3 is 0 Å². The monoisotopic (exact) mass is 246 g/mol. The minimum atomic E-state index is -0.0679. The highest BCUT2D eigenvalue weighted by atomic mass is 16.5. The summed E-state index contributed by atoms with van der Waals surface area (Å²) in [6, 6.07) is 3.49. The number of hydrogen-bond acceptors (Lipinski definition) is 6. The minimum Gasteiger partial charge on any atom is -0.384 e. The summed E-state index contributed by atoms with van der Waals surface area (Å²) >= 11 is 0. The van der Waals surface area contributed by atoms with Crippen LogP contribution < -0.4 is 5.73 Å². The Kier molecular flexibility index (Phi) is 2.71. The molecule has 2 aromatic rings. The Morgan fingerprint density at radius 1 is 1.50 bits per heavy atom. The van der Waals surface area contributed by atoms with Crippen LogP contribution in [-0.4, -0.2) is 22.2 Å². The molecule has 1 aliphatic carbocycles. The summed E-state index contributed by atoms with van der Waals surface area (Å²) in [5, 5.41) is 3.98. The van der Waals surface area contributed by atoms with Gasteiger partial charge in [-0.2, -0.15) is 4.98 Å². The smallest absolute Gasteiger partial charge is 0.258 e. The van der Waals surface area contributed by atoms with Crippen LogP contribution in [0.2, 0.25) is 0 Å². The molecule has 6 nitrogen and oxygen atoms in total. The first-order valence-corrected chi connectivity index (χ1v) is 5.86. The number of methoxy groups -OCH3 is 1. The first-order valence-electron chi connectivity index (χ1n) is 5.86. The van der Waals surface area contributed by atoms with Crippen LogP contribution in [0, 0.1) is 5.92 Å². The number of hydrogen-bond donors (Lipinski definition) is 1. The van der Waals surface area contributed by atoms with Gasteiger partial charge in [0.25, 0.3) is 5.89 Å². The molecule has 0 saturated heterocycles. The standard InChI is InChI=1S/C12H14N4O2/c1-17-10(7-2-3-7)11-15-12(18-16-11)8-4-5-14-9(13)6-8/h4-7,10H,2-3H2,1H3,(H2,13,14). The Morgan fingerprint density at radius 2 is 2.33 bits per heavy atom. The Morgan fingerprint density at radius 3 is 3.00 bits per heavy atom. The van der Waals surface area contributed by atoms with Crippen molar-refractivity contribution in [2.24, 2.45) is 5.92 Å². The summed E-state index contributed by atoms with van der Waals surface area (Å²) < 4.78 is 10.7. The van der Waals surface area contributed by atoms with Crippen LogP contribution in [0.25, 0.3) is 11.5 Å². The number of nitrogen functional groups attached to an aromatic ring is 1. The van der Waals surface area contributed by atoms with Crippen molar-refractivity contribution in [2.75, 3.05) is 12.8 Å². The summed E-state index contributed by atoms with van der Waals surface area (Å²) in [5.74, 6) is 1.99. The first kappa shape index (κ1) is 11.2. The van der Waals surface area contributed by atoms with E-state index >= 15 is 0 Å². The topological polar surface area (TPSA) is 87.1 Å². The van der Waals surface area contributed by atoms with Crippen molar-refractivity contribution >= 4 is 5.82 Å². The van der Waals surface area contributed by atoms with Crippen molar-refractivity contribution in [2.45, 2.75) is 18.9 Å². The van der Waals surface area contributed by atoms with E-state index in [2.05, 4.69) is 15.1 Å². The molecule has 6 heteroatoms. The summed E-state index contributed by atoms with van der Waals surface area (Å²) in [6.07, 6.45) is 3.86. The van der Waals surface area contributed by atoms with Crippen molar-refractivity contribution in [1.82, 2.24) is 15.1 Å². The summed E-state index contributed by atoms with van der Waals surface area (Å²) in [5.41, 5.74) is 6.39. The fourth-order valence-corrected chi connectivity index (χ4v) is 1.96. The summed E-state index contributed by atoms with van der Waals surface area (Å²) in [4.78, 5) is 8.29. The molecule has 1 saturated carbocycles. The van der Waals surface area contributed by atoms with Gasteiger partial charge < -0.3 is 15.0 Å². The van der Waals surface area contributed by atoms with E-state index in [0.717, 1.165) is 18.4 Å². The van der Waals surface area contributed by atoms with Crippen LogP contribution in [0.4, 0.5) is 5.82 Å². The quantitative estimate of drug-likeness (QED) is 0.885. The highest BCUT2D eigenvalue weighted by Gasteiger charge is 2.35. The Hall–Kier alpha value is -1.95. The van der Waals surface area contributed by atoms with E-state index in [4.69, 9.17) is 15.0 Å². The molecule has 1 unspecified atom stereocenters. The maximum Gasteiger partial charge on any atom is 0.258 e. The molecule has 18 heavy (non-hydrogen) atoms. The first-order chi connectivity index (χ1) is 8.78. The predicted molar refractivity (Wildman–Crippen MR) is 64.4 cm³/mol. The fraction of sp³-hybridized carbons (Fsp3) is 0.417. The minimum absolute atomic E-state index is 0.0679. The molecular formula is C12H14N4O2. The van der Waals surface area contributed by atoms with Gasteiger partial charge in [0.05, 0.1) is 0 Å². The zero-order valence-electron chi connectivity index (χ0n) is 10.0. The molecule has 0 aliphatic heterocycles. The van der Waals surface area contributed by atoms with E-state index < -0.39 is 0 Å². The molecule has 1 aliphatic rings. The largest absolute Gasteiger partial charge is 0.384 e. The molecule has 0 radical (unpaired) electrons.